The van der Waals surface area contributed by atoms with Crippen LogP contribution in [-0.4, -0.2) is 59.6 Å². The summed E-state index contributed by atoms with van der Waals surface area (Å²) in [6.07, 6.45) is 2.18. The molecule has 2 N–H and O–H groups in total. The number of carbonyl (C=O) groups is 3. The quantitative estimate of drug-likeness (QED) is 0.662. The van der Waals surface area contributed by atoms with Crippen LogP contribution in [0.5, 0.6) is 0 Å². The van der Waals surface area contributed by atoms with Crippen LogP contribution in [0.4, 0.5) is 0 Å². The lowest BCUT2D eigenvalue weighted by atomic mass is 10.1. The van der Waals surface area contributed by atoms with Crippen molar-refractivity contribution >= 4 is 17.8 Å². The normalized spacial score (nSPS) is 26.3. The predicted molar refractivity (Wildman–Crippen MR) is 73.1 cm³/mol. The van der Waals surface area contributed by atoms with Gasteiger partial charge in [-0.15, -0.1) is 0 Å². The third kappa shape index (κ3) is 3.93. The zero-order valence-corrected chi connectivity index (χ0v) is 12.4. The number of amides is 2. The molecule has 1 saturated heterocycles. The second-order valence-electron chi connectivity index (χ2n) is 5.84. The molecule has 7 nitrogen and oxygen atoms in total. The van der Waals surface area contributed by atoms with Gasteiger partial charge in [0.1, 0.15) is 12.1 Å². The third-order valence-corrected chi connectivity index (χ3v) is 4.05. The first-order chi connectivity index (χ1) is 9.92. The summed E-state index contributed by atoms with van der Waals surface area (Å²) in [5, 5.41) is 12.3. The Hall–Kier alpha value is -1.63. The molecule has 2 amide bonds. The standard InChI is InChI=1S/C14H22N2O5/c1-8(17)16-7-10(18)6-12(16)13(19)15-11(14(20)21-2)5-9-3-4-9/h9-12,18H,3-7H2,1-2H3,(H,15,19)/t10-,11+,12+/m1/s1. The van der Waals surface area contributed by atoms with E-state index < -0.39 is 30.1 Å². The monoisotopic (exact) mass is 298 g/mol. The molecule has 0 aromatic heterocycles. The zero-order chi connectivity index (χ0) is 15.6. The summed E-state index contributed by atoms with van der Waals surface area (Å²) in [5.41, 5.74) is 0. The first kappa shape index (κ1) is 15.8. The smallest absolute Gasteiger partial charge is 0.328 e. The molecule has 1 heterocycles. The zero-order valence-electron chi connectivity index (χ0n) is 12.4. The Morgan fingerprint density at radius 1 is 1.38 bits per heavy atom. The highest BCUT2D eigenvalue weighted by Gasteiger charge is 2.39. The number of hydrogen-bond donors (Lipinski definition) is 2. The summed E-state index contributed by atoms with van der Waals surface area (Å²) in [6.45, 7) is 1.51. The molecule has 0 aromatic carbocycles. The Kier molecular flexibility index (Phi) is 4.82. The van der Waals surface area contributed by atoms with Crippen LogP contribution in [0.3, 0.4) is 0 Å². The van der Waals surface area contributed by atoms with Crippen LogP contribution in [-0.2, 0) is 19.1 Å². The molecule has 0 bridgehead atoms. The maximum atomic E-state index is 12.3. The molecule has 7 heteroatoms. The minimum absolute atomic E-state index is 0.152. The van der Waals surface area contributed by atoms with E-state index in [1.165, 1.54) is 18.9 Å². The van der Waals surface area contributed by atoms with Crippen LogP contribution in [0.15, 0.2) is 0 Å². The van der Waals surface area contributed by atoms with E-state index in [0.717, 1.165) is 12.8 Å². The third-order valence-electron chi connectivity index (χ3n) is 4.05. The van der Waals surface area contributed by atoms with E-state index in [4.69, 9.17) is 4.74 Å². The van der Waals surface area contributed by atoms with E-state index in [-0.39, 0.29) is 18.9 Å². The Balaban J connectivity index is 1.99. The van der Waals surface area contributed by atoms with Gasteiger partial charge in [0.2, 0.25) is 11.8 Å². The van der Waals surface area contributed by atoms with Gasteiger partial charge in [0.25, 0.3) is 0 Å². The SMILES string of the molecule is COC(=O)[C@H](CC1CC1)NC(=O)[C@@H]1C[C@@H](O)CN1C(C)=O. The van der Waals surface area contributed by atoms with E-state index in [1.807, 2.05) is 0 Å². The second-order valence-corrected chi connectivity index (χ2v) is 5.84. The second kappa shape index (κ2) is 6.43. The number of rotatable bonds is 5. The number of likely N-dealkylation sites (tertiary alicyclic amines) is 1. The lowest BCUT2D eigenvalue weighted by molar-refractivity contribution is -0.146. The number of carbonyl (C=O) groups excluding carboxylic acids is 3. The van der Waals surface area contributed by atoms with E-state index in [2.05, 4.69) is 5.32 Å². The van der Waals surface area contributed by atoms with Crippen molar-refractivity contribution in [3.05, 3.63) is 0 Å². The molecule has 2 fully saturated rings. The van der Waals surface area contributed by atoms with Crippen molar-refractivity contribution < 1.29 is 24.2 Å². The minimum atomic E-state index is -0.719. The summed E-state index contributed by atoms with van der Waals surface area (Å²) in [4.78, 5) is 36.9. The molecule has 2 aliphatic rings. The van der Waals surface area contributed by atoms with Gasteiger partial charge in [-0.3, -0.25) is 9.59 Å². The van der Waals surface area contributed by atoms with Crippen molar-refractivity contribution in [2.24, 2.45) is 5.92 Å². The number of nitrogens with one attached hydrogen (secondary N) is 1. The van der Waals surface area contributed by atoms with Crippen LogP contribution in [0.2, 0.25) is 0 Å². The number of aliphatic hydroxyl groups is 1. The average molecular weight is 298 g/mol. The number of nitrogens with zero attached hydrogens (tertiary/aromatic N) is 1. The van der Waals surface area contributed by atoms with Crippen LogP contribution in [0.25, 0.3) is 0 Å². The molecular weight excluding hydrogens is 276 g/mol. The number of methoxy groups -OCH3 is 1. The summed E-state index contributed by atoms with van der Waals surface area (Å²) < 4.78 is 4.72. The number of esters is 1. The molecule has 1 aliphatic heterocycles. The van der Waals surface area contributed by atoms with Crippen molar-refractivity contribution in [3.8, 4) is 0 Å². The molecule has 1 saturated carbocycles. The lowest BCUT2D eigenvalue weighted by Crippen LogP contribution is -2.50. The predicted octanol–water partition coefficient (Wildman–Crippen LogP) is -0.574. The highest BCUT2D eigenvalue weighted by atomic mass is 16.5. The van der Waals surface area contributed by atoms with Gasteiger partial charge in [0.15, 0.2) is 0 Å². The van der Waals surface area contributed by atoms with Crippen molar-refractivity contribution in [1.82, 2.24) is 10.2 Å². The Morgan fingerprint density at radius 3 is 2.57 bits per heavy atom. The van der Waals surface area contributed by atoms with Crippen molar-refractivity contribution in [2.45, 2.75) is 50.8 Å². The van der Waals surface area contributed by atoms with Crippen LogP contribution >= 0.6 is 0 Å². The molecule has 0 aromatic rings. The maximum absolute atomic E-state index is 12.3. The Labute approximate surface area is 123 Å². The maximum Gasteiger partial charge on any atom is 0.328 e. The van der Waals surface area contributed by atoms with Gasteiger partial charge in [-0.2, -0.15) is 0 Å². The Bertz CT molecular complexity index is 435. The number of β-amino-alcohol motifs (C(OH)–C–C–N with tert-alkyl or cyclic N) is 1. The fourth-order valence-electron chi connectivity index (χ4n) is 2.72. The van der Waals surface area contributed by atoms with Gasteiger partial charge < -0.3 is 20.1 Å². The molecule has 0 spiro atoms. The topological polar surface area (TPSA) is 95.9 Å². The van der Waals surface area contributed by atoms with Gasteiger partial charge in [0.05, 0.1) is 13.2 Å². The van der Waals surface area contributed by atoms with E-state index in [0.29, 0.717) is 12.3 Å². The van der Waals surface area contributed by atoms with Crippen molar-refractivity contribution in [2.75, 3.05) is 13.7 Å². The highest BCUT2D eigenvalue weighted by molar-refractivity contribution is 5.90. The first-order valence-corrected chi connectivity index (χ1v) is 7.25. The van der Waals surface area contributed by atoms with Gasteiger partial charge in [-0.05, 0) is 12.3 Å². The summed E-state index contributed by atoms with van der Waals surface area (Å²) in [7, 11) is 1.29. The van der Waals surface area contributed by atoms with Crippen LogP contribution in [0, 0.1) is 5.92 Å². The molecule has 0 radical (unpaired) electrons. The summed E-state index contributed by atoms with van der Waals surface area (Å²) >= 11 is 0. The van der Waals surface area contributed by atoms with E-state index in [9.17, 15) is 19.5 Å². The largest absolute Gasteiger partial charge is 0.467 e. The molecule has 1 aliphatic carbocycles. The number of aliphatic hydroxyl groups excluding tert-OH is 1. The molecule has 3 atom stereocenters. The summed E-state index contributed by atoms with van der Waals surface area (Å²) in [6, 6.07) is -1.40. The van der Waals surface area contributed by atoms with Crippen LogP contribution in [0.1, 0.15) is 32.6 Å². The highest BCUT2D eigenvalue weighted by Crippen LogP contribution is 2.33. The molecule has 0 unspecified atom stereocenters. The first-order valence-electron chi connectivity index (χ1n) is 7.25. The molecular formula is C14H22N2O5. The molecule has 118 valence electrons. The van der Waals surface area contributed by atoms with Gasteiger partial charge >= 0.3 is 5.97 Å². The lowest BCUT2D eigenvalue weighted by Gasteiger charge is -2.24. The van der Waals surface area contributed by atoms with E-state index >= 15 is 0 Å². The summed E-state index contributed by atoms with van der Waals surface area (Å²) in [5.74, 6) is -0.683. The van der Waals surface area contributed by atoms with Crippen molar-refractivity contribution in [3.63, 3.8) is 0 Å². The van der Waals surface area contributed by atoms with Gasteiger partial charge in [0, 0.05) is 19.9 Å². The number of hydrogen-bond acceptors (Lipinski definition) is 5. The fourth-order valence-corrected chi connectivity index (χ4v) is 2.72. The minimum Gasteiger partial charge on any atom is -0.467 e. The molecule has 2 rings (SSSR count). The Morgan fingerprint density at radius 2 is 2.05 bits per heavy atom. The van der Waals surface area contributed by atoms with Gasteiger partial charge in [-0.25, -0.2) is 4.79 Å². The van der Waals surface area contributed by atoms with Crippen molar-refractivity contribution in [1.29, 1.82) is 0 Å². The average Bonchev–Trinajstić information content (AvgIpc) is 3.16. The van der Waals surface area contributed by atoms with Gasteiger partial charge in [-0.1, -0.05) is 12.8 Å². The number of ether oxygens (including phenoxy) is 1. The van der Waals surface area contributed by atoms with E-state index in [1.54, 1.807) is 0 Å². The van der Waals surface area contributed by atoms with Crippen LogP contribution < -0.4 is 5.32 Å². The fraction of sp³-hybridized carbons (Fsp3) is 0.786. The molecule has 21 heavy (non-hydrogen) atoms.